The van der Waals surface area contributed by atoms with Crippen LogP contribution < -0.4 is 9.46 Å². The molecule has 180 valence electrons. The minimum absolute atomic E-state index is 0.0623. The van der Waals surface area contributed by atoms with Gasteiger partial charge in [-0.05, 0) is 63.5 Å². The van der Waals surface area contributed by atoms with Gasteiger partial charge in [-0.25, -0.2) is 0 Å². The number of rotatable bonds is 9. The third-order valence-electron chi connectivity index (χ3n) is 6.10. The lowest BCUT2D eigenvalue weighted by atomic mass is 10.0. The Morgan fingerprint density at radius 3 is 2.41 bits per heavy atom. The van der Waals surface area contributed by atoms with Gasteiger partial charge in [0.1, 0.15) is 10.5 Å². The van der Waals surface area contributed by atoms with E-state index in [9.17, 15) is 4.55 Å². The van der Waals surface area contributed by atoms with E-state index in [1.165, 1.54) is 0 Å². The lowest BCUT2D eigenvalue weighted by Crippen LogP contribution is -2.41. The Morgan fingerprint density at radius 2 is 1.84 bits per heavy atom. The van der Waals surface area contributed by atoms with Crippen LogP contribution in [0.4, 0.5) is 0 Å². The molecule has 2 unspecified atom stereocenters. The van der Waals surface area contributed by atoms with Crippen LogP contribution >= 0.6 is 0 Å². The molecule has 0 fully saturated rings. The fraction of sp³-hybridized carbons (Fsp3) is 0.625. The number of methoxy groups -OCH3 is 1. The molecule has 2 aromatic rings. The molecule has 0 bridgehead atoms. The van der Waals surface area contributed by atoms with Gasteiger partial charge in [0.05, 0.1) is 32.5 Å². The standard InChI is InChI=1S/C24H41N3O3SSi/c1-18(26-31(28)23(2,3)4)19-11-12-22(29-8)21(15-19)20-16-25-27(17-20)13-14-30-32(9,10)24(5,6)7/h11-12,15-18,26H,13-14H2,1-10H3. The number of hydrogen-bond acceptors (Lipinski definition) is 5. The summed E-state index contributed by atoms with van der Waals surface area (Å²) in [6.45, 7) is 20.5. The first kappa shape index (κ1) is 26.9. The van der Waals surface area contributed by atoms with E-state index in [-0.39, 0.29) is 15.8 Å². The molecule has 0 aliphatic rings. The zero-order valence-corrected chi connectivity index (χ0v) is 23.2. The molecule has 2 rings (SSSR count). The zero-order chi connectivity index (χ0) is 24.3. The van der Waals surface area contributed by atoms with Crippen LogP contribution in [-0.2, 0) is 22.3 Å². The summed E-state index contributed by atoms with van der Waals surface area (Å²) in [5.74, 6) is 0.787. The van der Waals surface area contributed by atoms with Gasteiger partial charge in [-0.15, -0.1) is 4.72 Å². The minimum Gasteiger partial charge on any atom is -0.598 e. The third-order valence-corrected chi connectivity index (χ3v) is 12.3. The van der Waals surface area contributed by atoms with E-state index in [0.717, 1.165) is 22.4 Å². The number of hydrogen-bond donors (Lipinski definition) is 1. The van der Waals surface area contributed by atoms with Gasteiger partial charge >= 0.3 is 0 Å². The molecule has 1 N–H and O–H groups in total. The molecule has 0 radical (unpaired) electrons. The van der Waals surface area contributed by atoms with Gasteiger partial charge in [0.15, 0.2) is 8.32 Å². The first-order chi connectivity index (χ1) is 14.7. The molecule has 0 amide bonds. The molecule has 32 heavy (non-hydrogen) atoms. The van der Waals surface area contributed by atoms with E-state index < -0.39 is 19.7 Å². The van der Waals surface area contributed by atoms with Gasteiger partial charge in [0.2, 0.25) is 0 Å². The van der Waals surface area contributed by atoms with Crippen molar-refractivity contribution < 1.29 is 13.7 Å². The maximum Gasteiger partial charge on any atom is 0.192 e. The summed E-state index contributed by atoms with van der Waals surface area (Å²) in [6, 6.07) is 6.00. The second kappa shape index (κ2) is 10.3. The Hall–Kier alpha value is -1.32. The van der Waals surface area contributed by atoms with Crippen LogP contribution in [0.2, 0.25) is 18.1 Å². The van der Waals surface area contributed by atoms with E-state index >= 15 is 0 Å². The van der Waals surface area contributed by atoms with Crippen LogP contribution in [0.25, 0.3) is 11.1 Å². The van der Waals surface area contributed by atoms with Gasteiger partial charge in [-0.1, -0.05) is 26.8 Å². The molecular formula is C24H41N3O3SSi. The second-order valence-electron chi connectivity index (χ2n) is 10.8. The summed E-state index contributed by atoms with van der Waals surface area (Å²) in [5, 5.41) is 4.73. The SMILES string of the molecule is COc1ccc(C(C)N[S+]([O-])C(C)(C)C)cc1-c1cnn(CCO[Si](C)(C)C(C)(C)C)c1. The van der Waals surface area contributed by atoms with Crippen molar-refractivity contribution in [3.63, 3.8) is 0 Å². The van der Waals surface area contributed by atoms with Crippen molar-refractivity contribution in [3.05, 3.63) is 36.2 Å². The number of benzene rings is 1. The van der Waals surface area contributed by atoms with E-state index in [0.29, 0.717) is 13.2 Å². The van der Waals surface area contributed by atoms with Crippen molar-refractivity contribution in [2.75, 3.05) is 13.7 Å². The van der Waals surface area contributed by atoms with Crippen LogP contribution in [0.1, 0.15) is 60.1 Å². The summed E-state index contributed by atoms with van der Waals surface area (Å²) in [7, 11) is -0.0979. The smallest absolute Gasteiger partial charge is 0.192 e. The Labute approximate surface area is 198 Å². The molecule has 1 aromatic carbocycles. The molecule has 0 saturated carbocycles. The first-order valence-corrected chi connectivity index (χ1v) is 15.2. The number of ether oxygens (including phenoxy) is 1. The molecule has 8 heteroatoms. The van der Waals surface area contributed by atoms with Crippen LogP contribution in [0.5, 0.6) is 5.75 Å². The number of aromatic nitrogens is 2. The van der Waals surface area contributed by atoms with E-state index in [1.54, 1.807) is 7.11 Å². The van der Waals surface area contributed by atoms with E-state index in [2.05, 4.69) is 49.8 Å². The maximum absolute atomic E-state index is 12.5. The number of nitrogens with one attached hydrogen (secondary N) is 1. The molecule has 0 aliphatic carbocycles. The molecule has 0 spiro atoms. The van der Waals surface area contributed by atoms with Crippen molar-refractivity contribution >= 4 is 19.7 Å². The normalized spacial score (nSPS) is 15.0. The summed E-state index contributed by atoms with van der Waals surface area (Å²) >= 11 is -1.15. The highest BCUT2D eigenvalue weighted by Gasteiger charge is 2.36. The molecule has 6 nitrogen and oxygen atoms in total. The van der Waals surface area contributed by atoms with E-state index in [4.69, 9.17) is 9.16 Å². The Kier molecular flexibility index (Phi) is 8.67. The Bertz CT molecular complexity index is 887. The summed E-state index contributed by atoms with van der Waals surface area (Å²) in [4.78, 5) is 0. The van der Waals surface area contributed by atoms with Crippen LogP contribution in [-0.4, -0.2) is 41.1 Å². The van der Waals surface area contributed by atoms with Crippen molar-refractivity contribution in [2.45, 2.75) is 83.9 Å². The lowest BCUT2D eigenvalue weighted by molar-refractivity contribution is 0.266. The molecular weight excluding hydrogens is 438 g/mol. The average molecular weight is 480 g/mol. The predicted molar refractivity (Wildman–Crippen MR) is 137 cm³/mol. The summed E-state index contributed by atoms with van der Waals surface area (Å²) in [6.07, 6.45) is 3.89. The highest BCUT2D eigenvalue weighted by Crippen LogP contribution is 2.36. The second-order valence-corrected chi connectivity index (χ2v) is 17.6. The molecule has 1 aromatic heterocycles. The highest BCUT2D eigenvalue weighted by molar-refractivity contribution is 7.90. The molecule has 0 saturated heterocycles. The Balaban J connectivity index is 2.16. The number of nitrogens with zero attached hydrogens (tertiary/aromatic N) is 2. The first-order valence-electron chi connectivity index (χ1n) is 11.2. The maximum atomic E-state index is 12.5. The van der Waals surface area contributed by atoms with Crippen LogP contribution in [0.15, 0.2) is 30.6 Å². The Morgan fingerprint density at radius 1 is 1.19 bits per heavy atom. The topological polar surface area (TPSA) is 71.4 Å². The quantitative estimate of drug-likeness (QED) is 0.369. The van der Waals surface area contributed by atoms with Gasteiger partial charge in [0, 0.05) is 28.7 Å². The predicted octanol–water partition coefficient (Wildman–Crippen LogP) is 5.69. The lowest BCUT2D eigenvalue weighted by Gasteiger charge is -2.36. The fourth-order valence-electron chi connectivity index (χ4n) is 2.86. The van der Waals surface area contributed by atoms with Gasteiger partial charge < -0.3 is 13.7 Å². The molecule has 2 atom stereocenters. The largest absolute Gasteiger partial charge is 0.598 e. The van der Waals surface area contributed by atoms with Crippen molar-refractivity contribution in [3.8, 4) is 16.9 Å². The summed E-state index contributed by atoms with van der Waals surface area (Å²) in [5.41, 5.74) is 3.00. The third kappa shape index (κ3) is 6.84. The zero-order valence-electron chi connectivity index (χ0n) is 21.4. The minimum atomic E-state index is -1.77. The average Bonchev–Trinajstić information content (AvgIpc) is 3.14. The van der Waals surface area contributed by atoms with E-state index in [1.807, 2.05) is 56.9 Å². The fourth-order valence-corrected chi connectivity index (χ4v) is 4.71. The van der Waals surface area contributed by atoms with Gasteiger partial charge in [0.25, 0.3) is 0 Å². The molecule has 0 aliphatic heterocycles. The molecule has 1 heterocycles. The monoisotopic (exact) mass is 479 g/mol. The van der Waals surface area contributed by atoms with Crippen molar-refractivity contribution in [2.24, 2.45) is 0 Å². The summed E-state index contributed by atoms with van der Waals surface area (Å²) < 4.78 is 29.2. The van der Waals surface area contributed by atoms with Crippen molar-refractivity contribution in [1.82, 2.24) is 14.5 Å². The van der Waals surface area contributed by atoms with Crippen LogP contribution in [0.3, 0.4) is 0 Å². The van der Waals surface area contributed by atoms with Crippen LogP contribution in [0, 0.1) is 0 Å². The highest BCUT2D eigenvalue weighted by atomic mass is 32.2. The van der Waals surface area contributed by atoms with Crippen molar-refractivity contribution in [1.29, 1.82) is 0 Å². The van der Waals surface area contributed by atoms with Gasteiger partial charge in [-0.3, -0.25) is 4.68 Å². The van der Waals surface area contributed by atoms with Gasteiger partial charge in [-0.2, -0.15) is 5.10 Å².